The van der Waals surface area contributed by atoms with Crippen molar-refractivity contribution in [2.75, 3.05) is 13.7 Å². The molecule has 0 aliphatic heterocycles. The predicted octanol–water partition coefficient (Wildman–Crippen LogP) is 1.90. The monoisotopic (exact) mass is 195 g/mol. The summed E-state index contributed by atoms with van der Waals surface area (Å²) in [7, 11) is 1.50. The Morgan fingerprint density at radius 3 is 2.93 bits per heavy atom. The lowest BCUT2D eigenvalue weighted by molar-refractivity contribution is 0.381. The molecule has 3 heteroatoms. The Morgan fingerprint density at radius 1 is 1.57 bits per heavy atom. The van der Waals surface area contributed by atoms with Gasteiger partial charge in [-0.1, -0.05) is 12.1 Å². The molecule has 1 saturated carbocycles. The molecule has 1 fully saturated rings. The minimum Gasteiger partial charge on any atom is -0.493 e. The van der Waals surface area contributed by atoms with Crippen LogP contribution in [0, 0.1) is 11.7 Å². The van der Waals surface area contributed by atoms with Crippen molar-refractivity contribution in [3.63, 3.8) is 0 Å². The van der Waals surface area contributed by atoms with Crippen molar-refractivity contribution in [1.29, 1.82) is 0 Å². The summed E-state index contributed by atoms with van der Waals surface area (Å²) >= 11 is 0. The Kier molecular flexibility index (Phi) is 2.42. The molecule has 76 valence electrons. The van der Waals surface area contributed by atoms with Gasteiger partial charge < -0.3 is 10.5 Å². The van der Waals surface area contributed by atoms with Gasteiger partial charge >= 0.3 is 0 Å². The first-order chi connectivity index (χ1) is 6.77. The van der Waals surface area contributed by atoms with Gasteiger partial charge in [-0.3, -0.25) is 0 Å². The fraction of sp³-hybridized carbons (Fsp3) is 0.455. The fourth-order valence-electron chi connectivity index (χ4n) is 1.92. The average Bonchev–Trinajstić information content (AvgIpc) is 2.96. The molecule has 1 aliphatic rings. The van der Waals surface area contributed by atoms with E-state index in [1.54, 1.807) is 6.07 Å². The summed E-state index contributed by atoms with van der Waals surface area (Å²) in [4.78, 5) is 0. The normalized spacial score (nSPS) is 24.8. The van der Waals surface area contributed by atoms with Crippen LogP contribution >= 0.6 is 0 Å². The summed E-state index contributed by atoms with van der Waals surface area (Å²) in [6, 6.07) is 5.06. The topological polar surface area (TPSA) is 35.2 Å². The standard InChI is InChI=1S/C11H14FNO/c1-14-11-8(3-2-4-10(11)12)9-5-7(9)6-13/h2-4,7,9H,5-6,13H2,1H3. The van der Waals surface area contributed by atoms with Crippen LogP contribution in [0.4, 0.5) is 4.39 Å². The molecule has 0 bridgehead atoms. The third-order valence-corrected chi connectivity index (χ3v) is 2.83. The summed E-state index contributed by atoms with van der Waals surface area (Å²) in [5.41, 5.74) is 6.52. The molecule has 0 amide bonds. The van der Waals surface area contributed by atoms with E-state index in [2.05, 4.69) is 0 Å². The van der Waals surface area contributed by atoms with Crippen LogP contribution in [0.2, 0.25) is 0 Å². The van der Waals surface area contributed by atoms with Crippen LogP contribution in [0.5, 0.6) is 5.75 Å². The van der Waals surface area contributed by atoms with Gasteiger partial charge in [0.15, 0.2) is 11.6 Å². The highest BCUT2D eigenvalue weighted by atomic mass is 19.1. The van der Waals surface area contributed by atoms with E-state index in [0.717, 1.165) is 12.0 Å². The largest absolute Gasteiger partial charge is 0.493 e. The van der Waals surface area contributed by atoms with Crippen molar-refractivity contribution in [3.8, 4) is 5.75 Å². The molecule has 2 N–H and O–H groups in total. The van der Waals surface area contributed by atoms with E-state index >= 15 is 0 Å². The van der Waals surface area contributed by atoms with Gasteiger partial charge in [0.1, 0.15) is 0 Å². The van der Waals surface area contributed by atoms with Crippen LogP contribution in [-0.4, -0.2) is 13.7 Å². The first-order valence-electron chi connectivity index (χ1n) is 4.80. The maximum atomic E-state index is 13.3. The van der Waals surface area contributed by atoms with Crippen LogP contribution in [0.15, 0.2) is 18.2 Å². The van der Waals surface area contributed by atoms with Gasteiger partial charge in [0.2, 0.25) is 0 Å². The average molecular weight is 195 g/mol. The molecule has 1 aromatic rings. The number of methoxy groups -OCH3 is 1. The smallest absolute Gasteiger partial charge is 0.165 e. The second-order valence-electron chi connectivity index (χ2n) is 3.70. The van der Waals surface area contributed by atoms with Gasteiger partial charge in [0, 0.05) is 5.56 Å². The Labute approximate surface area is 82.9 Å². The third kappa shape index (κ3) is 1.48. The second kappa shape index (κ2) is 3.58. The molecule has 0 saturated heterocycles. The zero-order valence-corrected chi connectivity index (χ0v) is 8.16. The fourth-order valence-corrected chi connectivity index (χ4v) is 1.92. The Morgan fingerprint density at radius 2 is 2.36 bits per heavy atom. The quantitative estimate of drug-likeness (QED) is 0.799. The number of hydrogen-bond acceptors (Lipinski definition) is 2. The third-order valence-electron chi connectivity index (χ3n) is 2.83. The molecule has 2 rings (SSSR count). The number of benzene rings is 1. The van der Waals surface area contributed by atoms with E-state index < -0.39 is 0 Å². The highest BCUT2D eigenvalue weighted by molar-refractivity contribution is 5.40. The number of nitrogens with two attached hydrogens (primary N) is 1. The Hall–Kier alpha value is -1.09. The number of ether oxygens (including phenoxy) is 1. The molecular weight excluding hydrogens is 181 g/mol. The first kappa shape index (κ1) is 9.46. The summed E-state index contributed by atoms with van der Waals surface area (Å²) in [5, 5.41) is 0. The van der Waals surface area contributed by atoms with Crippen LogP contribution in [-0.2, 0) is 0 Å². The van der Waals surface area contributed by atoms with Gasteiger partial charge in [0.05, 0.1) is 7.11 Å². The molecule has 2 atom stereocenters. The molecule has 2 unspecified atom stereocenters. The van der Waals surface area contributed by atoms with Crippen LogP contribution in [0.25, 0.3) is 0 Å². The molecule has 0 heterocycles. The lowest BCUT2D eigenvalue weighted by Crippen LogP contribution is -2.03. The molecule has 14 heavy (non-hydrogen) atoms. The van der Waals surface area contributed by atoms with Crippen LogP contribution in [0.3, 0.4) is 0 Å². The lowest BCUT2D eigenvalue weighted by atomic mass is 10.1. The molecule has 1 aliphatic carbocycles. The minimum absolute atomic E-state index is 0.285. The summed E-state index contributed by atoms with van der Waals surface area (Å²) in [6.45, 7) is 0.671. The zero-order chi connectivity index (χ0) is 10.1. The summed E-state index contributed by atoms with van der Waals surface area (Å²) in [6.07, 6.45) is 1.05. The van der Waals surface area contributed by atoms with E-state index in [4.69, 9.17) is 10.5 Å². The number of hydrogen-bond donors (Lipinski definition) is 1. The molecule has 0 spiro atoms. The number of halogens is 1. The molecular formula is C11H14FNO. The van der Waals surface area contributed by atoms with Crippen molar-refractivity contribution in [1.82, 2.24) is 0 Å². The van der Waals surface area contributed by atoms with Gasteiger partial charge in [-0.25, -0.2) is 4.39 Å². The number of rotatable bonds is 3. The minimum atomic E-state index is -0.285. The van der Waals surface area contributed by atoms with E-state index in [-0.39, 0.29) is 5.82 Å². The van der Waals surface area contributed by atoms with E-state index in [9.17, 15) is 4.39 Å². The molecule has 1 aromatic carbocycles. The first-order valence-corrected chi connectivity index (χ1v) is 4.80. The maximum absolute atomic E-state index is 13.3. The van der Waals surface area contributed by atoms with E-state index in [1.807, 2.05) is 6.07 Å². The van der Waals surface area contributed by atoms with Crippen molar-refractivity contribution in [2.45, 2.75) is 12.3 Å². The zero-order valence-electron chi connectivity index (χ0n) is 8.16. The van der Waals surface area contributed by atoms with Crippen LogP contribution < -0.4 is 10.5 Å². The second-order valence-corrected chi connectivity index (χ2v) is 3.70. The maximum Gasteiger partial charge on any atom is 0.165 e. The Bertz CT molecular complexity index is 340. The van der Waals surface area contributed by atoms with Crippen molar-refractivity contribution in [3.05, 3.63) is 29.6 Å². The van der Waals surface area contributed by atoms with Gasteiger partial charge in [-0.05, 0) is 30.9 Å². The SMILES string of the molecule is COc1c(F)cccc1C1CC1CN. The van der Waals surface area contributed by atoms with Gasteiger partial charge in [-0.15, -0.1) is 0 Å². The summed E-state index contributed by atoms with van der Waals surface area (Å²) in [5.74, 6) is 0.998. The van der Waals surface area contributed by atoms with Crippen molar-refractivity contribution in [2.24, 2.45) is 11.7 Å². The highest BCUT2D eigenvalue weighted by Crippen LogP contribution is 2.50. The number of para-hydroxylation sites is 1. The lowest BCUT2D eigenvalue weighted by Gasteiger charge is -2.08. The van der Waals surface area contributed by atoms with Gasteiger partial charge in [-0.2, -0.15) is 0 Å². The van der Waals surface area contributed by atoms with E-state index in [1.165, 1.54) is 13.2 Å². The predicted molar refractivity (Wildman–Crippen MR) is 52.9 cm³/mol. The van der Waals surface area contributed by atoms with Crippen LogP contribution in [0.1, 0.15) is 17.9 Å². The molecule has 0 radical (unpaired) electrons. The van der Waals surface area contributed by atoms with E-state index in [0.29, 0.717) is 24.1 Å². The van der Waals surface area contributed by atoms with Gasteiger partial charge in [0.25, 0.3) is 0 Å². The summed E-state index contributed by atoms with van der Waals surface area (Å²) < 4.78 is 18.4. The molecule has 2 nitrogen and oxygen atoms in total. The highest BCUT2D eigenvalue weighted by Gasteiger charge is 2.39. The molecule has 0 aromatic heterocycles. The Balaban J connectivity index is 2.29. The van der Waals surface area contributed by atoms with Crippen molar-refractivity contribution >= 4 is 0 Å². The van der Waals surface area contributed by atoms with Crippen molar-refractivity contribution < 1.29 is 9.13 Å².